The Morgan fingerprint density at radius 3 is 2.53 bits per heavy atom. The molecule has 0 radical (unpaired) electrons. The first-order chi connectivity index (χ1) is 6.88. The van der Waals surface area contributed by atoms with Gasteiger partial charge in [-0.1, -0.05) is 17.0 Å². The largest absolute Gasteiger partial charge is 0.558 e. The first kappa shape index (κ1) is 11.5. The maximum absolute atomic E-state index is 11.6. The van der Waals surface area contributed by atoms with Crippen molar-refractivity contribution in [1.82, 2.24) is 0 Å². The van der Waals surface area contributed by atoms with Crippen molar-refractivity contribution in [2.24, 2.45) is 0 Å². The summed E-state index contributed by atoms with van der Waals surface area (Å²) in [6.07, 6.45) is -4.84. The van der Waals surface area contributed by atoms with Gasteiger partial charge < -0.3 is 10.3 Å². The molecule has 3 nitrogen and oxygen atoms in total. The van der Waals surface area contributed by atoms with Gasteiger partial charge in [0.2, 0.25) is 0 Å². The Balaban J connectivity index is 2.70. The molecule has 0 aliphatic heterocycles. The molecular weight excluding hydrogens is 211 g/mol. The average molecular weight is 219 g/mol. The number of halogens is 3. The van der Waals surface area contributed by atoms with Gasteiger partial charge in [-0.05, 0) is 24.6 Å². The monoisotopic (exact) mass is 219 g/mol. The average Bonchev–Trinajstić information content (AvgIpc) is 2.14. The maximum atomic E-state index is 11.6. The SMILES string of the molecule is CC(=N)c1cccc(OOC(F)(F)F)c1. The zero-order valence-corrected chi connectivity index (χ0v) is 7.76. The molecule has 0 saturated carbocycles. The van der Waals surface area contributed by atoms with Gasteiger partial charge in [-0.3, -0.25) is 0 Å². The van der Waals surface area contributed by atoms with Gasteiger partial charge in [0.05, 0.1) is 0 Å². The van der Waals surface area contributed by atoms with E-state index in [9.17, 15) is 13.2 Å². The zero-order valence-electron chi connectivity index (χ0n) is 7.76. The molecule has 1 aromatic carbocycles. The van der Waals surface area contributed by atoms with Crippen LogP contribution in [0.3, 0.4) is 0 Å². The van der Waals surface area contributed by atoms with E-state index in [-0.39, 0.29) is 11.5 Å². The third-order valence-corrected chi connectivity index (χ3v) is 1.50. The van der Waals surface area contributed by atoms with Gasteiger partial charge in [0.15, 0.2) is 5.75 Å². The maximum Gasteiger partial charge on any atom is 0.558 e. The highest BCUT2D eigenvalue weighted by molar-refractivity contribution is 5.96. The minimum Gasteiger partial charge on any atom is -0.329 e. The van der Waals surface area contributed by atoms with E-state index in [2.05, 4.69) is 9.78 Å². The summed E-state index contributed by atoms with van der Waals surface area (Å²) in [6, 6.07) is 5.65. The molecule has 6 heteroatoms. The van der Waals surface area contributed by atoms with Crippen LogP contribution in [0.5, 0.6) is 5.75 Å². The van der Waals surface area contributed by atoms with Gasteiger partial charge in [-0.2, -0.15) is 0 Å². The molecule has 0 aromatic heterocycles. The number of hydrogen-bond acceptors (Lipinski definition) is 3. The van der Waals surface area contributed by atoms with Crippen molar-refractivity contribution in [2.45, 2.75) is 13.3 Å². The van der Waals surface area contributed by atoms with E-state index in [1.807, 2.05) is 0 Å². The van der Waals surface area contributed by atoms with Crippen LogP contribution in [0.1, 0.15) is 12.5 Å². The first-order valence-electron chi connectivity index (χ1n) is 3.96. The fourth-order valence-corrected chi connectivity index (χ4v) is 0.877. The Labute approximate surface area is 83.9 Å². The van der Waals surface area contributed by atoms with Crippen LogP contribution < -0.4 is 4.89 Å². The van der Waals surface area contributed by atoms with Crippen molar-refractivity contribution in [1.29, 1.82) is 5.41 Å². The molecular formula is C9H8F3NO2. The summed E-state index contributed by atoms with van der Waals surface area (Å²) in [7, 11) is 0. The van der Waals surface area contributed by atoms with Crippen LogP contribution in [-0.2, 0) is 4.89 Å². The topological polar surface area (TPSA) is 42.3 Å². The Morgan fingerprint density at radius 2 is 2.00 bits per heavy atom. The summed E-state index contributed by atoms with van der Waals surface area (Å²) in [6.45, 7) is 1.52. The van der Waals surface area contributed by atoms with E-state index in [0.717, 1.165) is 0 Å². The van der Waals surface area contributed by atoms with Gasteiger partial charge in [0.1, 0.15) is 0 Å². The molecule has 1 N–H and O–H groups in total. The van der Waals surface area contributed by atoms with Crippen LogP contribution in [0.15, 0.2) is 24.3 Å². The summed E-state index contributed by atoms with van der Waals surface area (Å²) in [5.41, 5.74) is 0.700. The van der Waals surface area contributed by atoms with Crippen LogP contribution >= 0.6 is 0 Å². The summed E-state index contributed by atoms with van der Waals surface area (Å²) in [5.74, 6) is -0.101. The highest BCUT2D eigenvalue weighted by Gasteiger charge is 2.32. The van der Waals surface area contributed by atoms with Gasteiger partial charge >= 0.3 is 6.36 Å². The second-order valence-corrected chi connectivity index (χ2v) is 2.77. The number of benzene rings is 1. The van der Waals surface area contributed by atoms with Crippen molar-refractivity contribution < 1.29 is 22.9 Å². The van der Waals surface area contributed by atoms with Crippen LogP contribution in [0.25, 0.3) is 0 Å². The lowest BCUT2D eigenvalue weighted by Gasteiger charge is -2.07. The number of hydrogen-bond donors (Lipinski definition) is 1. The van der Waals surface area contributed by atoms with Crippen molar-refractivity contribution >= 4 is 5.71 Å². The third kappa shape index (κ3) is 3.99. The fraction of sp³-hybridized carbons (Fsp3) is 0.222. The Kier molecular flexibility index (Phi) is 3.31. The molecule has 0 spiro atoms. The molecule has 0 bridgehead atoms. The summed E-state index contributed by atoms with van der Waals surface area (Å²) >= 11 is 0. The fourth-order valence-electron chi connectivity index (χ4n) is 0.877. The molecule has 0 aliphatic rings. The molecule has 15 heavy (non-hydrogen) atoms. The third-order valence-electron chi connectivity index (χ3n) is 1.50. The van der Waals surface area contributed by atoms with Crippen molar-refractivity contribution in [3.05, 3.63) is 29.8 Å². The predicted molar refractivity (Wildman–Crippen MR) is 46.7 cm³/mol. The Morgan fingerprint density at radius 1 is 1.33 bits per heavy atom. The summed E-state index contributed by atoms with van der Waals surface area (Å²) in [5, 5.41) is 7.27. The van der Waals surface area contributed by atoms with Crippen molar-refractivity contribution in [3.8, 4) is 5.75 Å². The van der Waals surface area contributed by atoms with Crippen molar-refractivity contribution in [3.63, 3.8) is 0 Å². The quantitative estimate of drug-likeness (QED) is 0.482. The lowest BCUT2D eigenvalue weighted by Crippen LogP contribution is -2.16. The molecule has 1 rings (SSSR count). The van der Waals surface area contributed by atoms with Crippen LogP contribution in [-0.4, -0.2) is 12.1 Å². The molecule has 0 amide bonds. The normalized spacial score (nSPS) is 11.2. The molecule has 0 saturated heterocycles. The van der Waals surface area contributed by atoms with E-state index < -0.39 is 6.36 Å². The smallest absolute Gasteiger partial charge is 0.329 e. The lowest BCUT2D eigenvalue weighted by atomic mass is 10.1. The summed E-state index contributed by atoms with van der Waals surface area (Å²) in [4.78, 5) is 7.22. The van der Waals surface area contributed by atoms with Crippen LogP contribution in [0.2, 0.25) is 0 Å². The number of rotatable bonds is 3. The molecule has 82 valence electrons. The van der Waals surface area contributed by atoms with E-state index in [4.69, 9.17) is 5.41 Å². The summed E-state index contributed by atoms with van der Waals surface area (Å²) < 4.78 is 34.8. The second kappa shape index (κ2) is 4.31. The van der Waals surface area contributed by atoms with E-state index in [1.54, 1.807) is 6.07 Å². The highest BCUT2D eigenvalue weighted by atomic mass is 19.4. The Hall–Kier alpha value is -1.56. The van der Waals surface area contributed by atoms with E-state index in [0.29, 0.717) is 5.56 Å². The van der Waals surface area contributed by atoms with Crippen LogP contribution in [0.4, 0.5) is 13.2 Å². The van der Waals surface area contributed by atoms with Crippen molar-refractivity contribution in [2.75, 3.05) is 0 Å². The highest BCUT2D eigenvalue weighted by Crippen LogP contribution is 2.20. The molecule has 0 unspecified atom stereocenters. The standard InChI is InChI=1S/C9H8F3NO2/c1-6(13)7-3-2-4-8(5-7)14-15-9(10,11)12/h2-5,13H,1H3. The second-order valence-electron chi connectivity index (χ2n) is 2.77. The van der Waals surface area contributed by atoms with E-state index in [1.165, 1.54) is 25.1 Å². The minimum absolute atomic E-state index is 0.101. The van der Waals surface area contributed by atoms with E-state index >= 15 is 0 Å². The molecule has 1 aromatic rings. The molecule has 0 heterocycles. The predicted octanol–water partition coefficient (Wildman–Crippen LogP) is 2.90. The zero-order chi connectivity index (χ0) is 11.5. The van der Waals surface area contributed by atoms with Gasteiger partial charge in [0.25, 0.3) is 0 Å². The first-order valence-corrected chi connectivity index (χ1v) is 3.96. The minimum atomic E-state index is -4.84. The molecule has 0 aliphatic carbocycles. The molecule has 0 fully saturated rings. The van der Waals surface area contributed by atoms with Gasteiger partial charge in [0, 0.05) is 5.71 Å². The van der Waals surface area contributed by atoms with Crippen LogP contribution in [0, 0.1) is 5.41 Å². The lowest BCUT2D eigenvalue weighted by molar-refractivity contribution is -0.444. The number of alkyl halides is 3. The van der Waals surface area contributed by atoms with Gasteiger partial charge in [-0.15, -0.1) is 13.2 Å². The van der Waals surface area contributed by atoms with Gasteiger partial charge in [-0.25, -0.2) is 0 Å². The molecule has 0 atom stereocenters. The Bertz CT molecular complexity index is 363. The number of nitrogens with one attached hydrogen (secondary N) is 1.